The Bertz CT molecular complexity index is 600. The first-order valence-corrected chi connectivity index (χ1v) is 6.94. The van der Waals surface area contributed by atoms with E-state index in [4.69, 9.17) is 9.68 Å². The molecule has 0 atom stereocenters. The summed E-state index contributed by atoms with van der Waals surface area (Å²) < 4.78 is 6.18. The van der Waals surface area contributed by atoms with E-state index >= 15 is 0 Å². The van der Waals surface area contributed by atoms with Gasteiger partial charge in [0.15, 0.2) is 0 Å². The van der Waals surface area contributed by atoms with Crippen molar-refractivity contribution in [3.63, 3.8) is 0 Å². The topological polar surface area (TPSA) is 57.2 Å². The molecule has 0 spiro atoms. The van der Waals surface area contributed by atoms with Gasteiger partial charge in [0.05, 0.1) is 25.3 Å². The van der Waals surface area contributed by atoms with E-state index in [1.165, 1.54) is 0 Å². The first-order valence-electron chi connectivity index (χ1n) is 6.15. The number of halogens is 1. The van der Waals surface area contributed by atoms with Crippen LogP contribution in [0.3, 0.4) is 0 Å². The number of nitriles is 1. The smallest absolute Gasteiger partial charge is 0.254 e. The summed E-state index contributed by atoms with van der Waals surface area (Å²) in [6.45, 7) is 0.746. The quantitative estimate of drug-likeness (QED) is 0.840. The fraction of sp³-hybridized carbons (Fsp3) is 0.200. The molecular weight excluding hydrogens is 320 g/mol. The Labute approximate surface area is 125 Å². The molecule has 1 aromatic carbocycles. The van der Waals surface area contributed by atoms with Crippen LogP contribution in [0.5, 0.6) is 0 Å². The number of amides is 1. The van der Waals surface area contributed by atoms with Gasteiger partial charge in [0, 0.05) is 16.6 Å². The lowest BCUT2D eigenvalue weighted by Crippen LogP contribution is -2.31. The molecule has 1 heterocycles. The number of rotatable bonds is 5. The zero-order valence-corrected chi connectivity index (χ0v) is 12.3. The van der Waals surface area contributed by atoms with Crippen LogP contribution >= 0.6 is 15.9 Å². The number of nitrogens with zero attached hydrogens (tertiary/aromatic N) is 2. The van der Waals surface area contributed by atoms with Gasteiger partial charge in [-0.15, -0.1) is 0 Å². The second-order valence-electron chi connectivity index (χ2n) is 4.22. The van der Waals surface area contributed by atoms with E-state index in [1.807, 2.05) is 18.2 Å². The molecule has 0 bridgehead atoms. The van der Waals surface area contributed by atoms with Gasteiger partial charge in [0.25, 0.3) is 5.91 Å². The average Bonchev–Trinajstić information content (AvgIpc) is 2.96. The first-order chi connectivity index (χ1) is 9.70. The maximum Gasteiger partial charge on any atom is 0.254 e. The van der Waals surface area contributed by atoms with Gasteiger partial charge in [-0.05, 0) is 36.4 Å². The summed E-state index contributed by atoms with van der Waals surface area (Å²) in [6, 6.07) is 12.8. The molecule has 2 aromatic rings. The summed E-state index contributed by atoms with van der Waals surface area (Å²) in [6.07, 6.45) is 1.87. The third-order valence-corrected chi connectivity index (χ3v) is 3.33. The number of hydrogen-bond donors (Lipinski definition) is 0. The third kappa shape index (κ3) is 3.72. The Balaban J connectivity index is 2.15. The molecule has 20 heavy (non-hydrogen) atoms. The van der Waals surface area contributed by atoms with E-state index < -0.39 is 0 Å². The molecule has 4 nitrogen and oxygen atoms in total. The second-order valence-corrected chi connectivity index (χ2v) is 5.14. The molecular formula is C15H13BrN2O2. The minimum absolute atomic E-state index is 0.107. The van der Waals surface area contributed by atoms with E-state index in [1.54, 1.807) is 29.4 Å². The van der Waals surface area contributed by atoms with Crippen LogP contribution in [0.15, 0.2) is 51.6 Å². The molecule has 0 fully saturated rings. The van der Waals surface area contributed by atoms with Gasteiger partial charge in [-0.25, -0.2) is 0 Å². The molecule has 5 heteroatoms. The largest absolute Gasteiger partial charge is 0.467 e. The Morgan fingerprint density at radius 3 is 2.65 bits per heavy atom. The molecule has 0 unspecified atom stereocenters. The van der Waals surface area contributed by atoms with Crippen LogP contribution in [-0.4, -0.2) is 17.4 Å². The highest BCUT2D eigenvalue weighted by Crippen LogP contribution is 2.14. The van der Waals surface area contributed by atoms with Gasteiger partial charge in [-0.2, -0.15) is 5.26 Å². The number of benzene rings is 1. The first kappa shape index (κ1) is 14.4. The monoisotopic (exact) mass is 332 g/mol. The van der Waals surface area contributed by atoms with Gasteiger partial charge in [0.1, 0.15) is 5.76 Å². The van der Waals surface area contributed by atoms with Gasteiger partial charge < -0.3 is 9.32 Å². The SMILES string of the molecule is N#CCCN(Cc1ccco1)C(=O)c1ccc(Br)cc1. The molecule has 1 aromatic heterocycles. The lowest BCUT2D eigenvalue weighted by molar-refractivity contribution is 0.0735. The average molecular weight is 333 g/mol. The van der Waals surface area contributed by atoms with E-state index in [9.17, 15) is 4.79 Å². The number of furan rings is 1. The molecule has 0 aliphatic heterocycles. The van der Waals surface area contributed by atoms with Crippen LogP contribution in [0.1, 0.15) is 22.5 Å². The Kier molecular flexibility index (Phi) is 4.97. The highest BCUT2D eigenvalue weighted by atomic mass is 79.9. The summed E-state index contributed by atoms with van der Waals surface area (Å²) >= 11 is 3.34. The summed E-state index contributed by atoms with van der Waals surface area (Å²) in [4.78, 5) is 14.1. The fourth-order valence-corrected chi connectivity index (χ4v) is 2.07. The van der Waals surface area contributed by atoms with E-state index in [2.05, 4.69) is 22.0 Å². The van der Waals surface area contributed by atoms with Gasteiger partial charge >= 0.3 is 0 Å². The maximum atomic E-state index is 12.4. The molecule has 0 aliphatic rings. The molecule has 0 aliphatic carbocycles. The van der Waals surface area contributed by atoms with Crippen molar-refractivity contribution in [2.24, 2.45) is 0 Å². The van der Waals surface area contributed by atoms with Crippen molar-refractivity contribution in [1.82, 2.24) is 4.90 Å². The van der Waals surface area contributed by atoms with Crippen LogP contribution in [0.4, 0.5) is 0 Å². The Morgan fingerprint density at radius 1 is 1.30 bits per heavy atom. The minimum Gasteiger partial charge on any atom is -0.467 e. The lowest BCUT2D eigenvalue weighted by atomic mass is 10.2. The molecule has 0 N–H and O–H groups in total. The molecule has 1 amide bonds. The molecule has 102 valence electrons. The minimum atomic E-state index is -0.107. The number of hydrogen-bond acceptors (Lipinski definition) is 3. The highest BCUT2D eigenvalue weighted by Gasteiger charge is 2.16. The van der Waals surface area contributed by atoms with Crippen LogP contribution in [0, 0.1) is 11.3 Å². The zero-order chi connectivity index (χ0) is 14.4. The van der Waals surface area contributed by atoms with Crippen molar-refractivity contribution in [1.29, 1.82) is 5.26 Å². The molecule has 0 radical (unpaired) electrons. The van der Waals surface area contributed by atoms with E-state index in [0.29, 0.717) is 30.8 Å². The molecule has 0 saturated heterocycles. The number of carbonyl (C=O) groups excluding carboxylic acids is 1. The summed E-state index contributed by atoms with van der Waals surface area (Å²) in [5.41, 5.74) is 0.595. The fourth-order valence-electron chi connectivity index (χ4n) is 1.80. The van der Waals surface area contributed by atoms with Crippen molar-refractivity contribution in [3.8, 4) is 6.07 Å². The van der Waals surface area contributed by atoms with Gasteiger partial charge in [0.2, 0.25) is 0 Å². The van der Waals surface area contributed by atoms with Crippen LogP contribution in [0.25, 0.3) is 0 Å². The van der Waals surface area contributed by atoms with Crippen molar-refractivity contribution in [2.75, 3.05) is 6.54 Å². The molecule has 0 saturated carbocycles. The van der Waals surface area contributed by atoms with Crippen LogP contribution < -0.4 is 0 Å². The maximum absolute atomic E-state index is 12.4. The zero-order valence-electron chi connectivity index (χ0n) is 10.8. The third-order valence-electron chi connectivity index (χ3n) is 2.80. The highest BCUT2D eigenvalue weighted by molar-refractivity contribution is 9.10. The standard InChI is InChI=1S/C15H13BrN2O2/c16-13-6-4-12(5-7-13)15(19)18(9-2-8-17)11-14-3-1-10-20-14/h1,3-7,10H,2,9,11H2. The van der Waals surface area contributed by atoms with Crippen molar-refractivity contribution in [3.05, 3.63) is 58.5 Å². The summed E-state index contributed by atoms with van der Waals surface area (Å²) in [5, 5.41) is 8.71. The van der Waals surface area contributed by atoms with E-state index in [0.717, 1.165) is 4.47 Å². The summed E-state index contributed by atoms with van der Waals surface area (Å²) in [5.74, 6) is 0.595. The van der Waals surface area contributed by atoms with Crippen molar-refractivity contribution in [2.45, 2.75) is 13.0 Å². The second kappa shape index (κ2) is 6.92. The predicted molar refractivity (Wildman–Crippen MR) is 77.8 cm³/mol. The summed E-state index contributed by atoms with van der Waals surface area (Å²) in [7, 11) is 0. The van der Waals surface area contributed by atoms with Crippen molar-refractivity contribution >= 4 is 21.8 Å². The van der Waals surface area contributed by atoms with Crippen LogP contribution in [-0.2, 0) is 6.54 Å². The van der Waals surface area contributed by atoms with E-state index in [-0.39, 0.29) is 5.91 Å². The van der Waals surface area contributed by atoms with Crippen molar-refractivity contribution < 1.29 is 9.21 Å². The molecule has 2 rings (SSSR count). The lowest BCUT2D eigenvalue weighted by Gasteiger charge is -2.20. The normalized spacial score (nSPS) is 10.0. The van der Waals surface area contributed by atoms with Gasteiger partial charge in [-0.1, -0.05) is 15.9 Å². The number of carbonyl (C=O) groups is 1. The Morgan fingerprint density at radius 2 is 2.05 bits per heavy atom. The van der Waals surface area contributed by atoms with Crippen LogP contribution in [0.2, 0.25) is 0 Å². The van der Waals surface area contributed by atoms with Gasteiger partial charge in [-0.3, -0.25) is 4.79 Å². The Hall–Kier alpha value is -2.06. The predicted octanol–water partition coefficient (Wildman–Crippen LogP) is 3.60.